The van der Waals surface area contributed by atoms with Crippen LogP contribution in [-0.4, -0.2) is 62.0 Å². The standard InChI is InChI=1S/C24H31N3O5S/c1-18-10-11-20(33(30,31)25-17-19-8-6-5-7-9-19)16-21(18)22(28)26-12-14-27(15-13-26)23(29)32-24(2,3)4/h5-11,16,25H,12-15,17H2,1-4H3. The van der Waals surface area contributed by atoms with Crippen molar-refractivity contribution in [3.05, 3.63) is 65.2 Å². The number of piperazine rings is 1. The number of rotatable bonds is 5. The van der Waals surface area contributed by atoms with Crippen LogP contribution in [-0.2, 0) is 21.3 Å². The zero-order chi connectivity index (χ0) is 24.2. The van der Waals surface area contributed by atoms with E-state index in [2.05, 4.69) is 4.72 Å². The predicted molar refractivity (Wildman–Crippen MR) is 125 cm³/mol. The summed E-state index contributed by atoms with van der Waals surface area (Å²) in [4.78, 5) is 28.7. The zero-order valence-corrected chi connectivity index (χ0v) is 20.3. The minimum absolute atomic E-state index is 0.0415. The van der Waals surface area contributed by atoms with Gasteiger partial charge >= 0.3 is 6.09 Å². The van der Waals surface area contributed by atoms with E-state index in [9.17, 15) is 18.0 Å². The molecule has 0 radical (unpaired) electrons. The molecule has 1 heterocycles. The van der Waals surface area contributed by atoms with Gasteiger partial charge in [-0.3, -0.25) is 4.79 Å². The van der Waals surface area contributed by atoms with Gasteiger partial charge < -0.3 is 14.5 Å². The summed E-state index contributed by atoms with van der Waals surface area (Å²) in [5.41, 5.74) is 1.29. The molecule has 178 valence electrons. The quantitative estimate of drug-likeness (QED) is 0.720. The number of nitrogens with one attached hydrogen (secondary N) is 1. The second kappa shape index (κ2) is 9.93. The van der Waals surface area contributed by atoms with Gasteiger partial charge in [0.2, 0.25) is 10.0 Å². The van der Waals surface area contributed by atoms with E-state index in [0.717, 1.165) is 5.56 Å². The minimum Gasteiger partial charge on any atom is -0.444 e. The number of hydrogen-bond donors (Lipinski definition) is 1. The lowest BCUT2D eigenvalue weighted by atomic mass is 10.1. The van der Waals surface area contributed by atoms with Gasteiger partial charge in [-0.25, -0.2) is 17.9 Å². The van der Waals surface area contributed by atoms with Gasteiger partial charge in [-0.1, -0.05) is 36.4 Å². The van der Waals surface area contributed by atoms with Crippen molar-refractivity contribution < 1.29 is 22.7 Å². The molecule has 0 unspecified atom stereocenters. The van der Waals surface area contributed by atoms with Gasteiger partial charge in [-0.15, -0.1) is 0 Å². The van der Waals surface area contributed by atoms with Crippen LogP contribution in [0.25, 0.3) is 0 Å². The number of nitrogens with zero attached hydrogens (tertiary/aromatic N) is 2. The van der Waals surface area contributed by atoms with Crippen molar-refractivity contribution in [1.29, 1.82) is 0 Å². The summed E-state index contributed by atoms with van der Waals surface area (Å²) < 4.78 is 33.6. The maximum atomic E-state index is 13.2. The fraction of sp³-hybridized carbons (Fsp3) is 0.417. The number of carbonyl (C=O) groups is 2. The molecular formula is C24H31N3O5S. The summed E-state index contributed by atoms with van der Waals surface area (Å²) in [6.45, 7) is 8.77. The SMILES string of the molecule is Cc1ccc(S(=O)(=O)NCc2ccccc2)cc1C(=O)N1CCN(C(=O)OC(C)(C)C)CC1. The second-order valence-corrected chi connectivity index (χ2v) is 10.8. The van der Waals surface area contributed by atoms with Crippen molar-refractivity contribution in [3.63, 3.8) is 0 Å². The number of hydrogen-bond acceptors (Lipinski definition) is 5. The molecule has 1 saturated heterocycles. The van der Waals surface area contributed by atoms with Crippen molar-refractivity contribution in [1.82, 2.24) is 14.5 Å². The summed E-state index contributed by atoms with van der Waals surface area (Å²) in [6.07, 6.45) is -0.400. The van der Waals surface area contributed by atoms with Crippen LogP contribution < -0.4 is 4.72 Å². The highest BCUT2D eigenvalue weighted by molar-refractivity contribution is 7.89. The summed E-state index contributed by atoms with van der Waals surface area (Å²) in [6, 6.07) is 13.8. The fourth-order valence-electron chi connectivity index (χ4n) is 3.45. The largest absolute Gasteiger partial charge is 0.444 e. The molecule has 9 heteroatoms. The third-order valence-corrected chi connectivity index (χ3v) is 6.68. The first-order valence-corrected chi connectivity index (χ1v) is 12.4. The van der Waals surface area contributed by atoms with Crippen LogP contribution in [0.2, 0.25) is 0 Å². The van der Waals surface area contributed by atoms with E-state index in [-0.39, 0.29) is 17.3 Å². The van der Waals surface area contributed by atoms with Crippen LogP contribution in [0.4, 0.5) is 4.79 Å². The molecule has 1 aliphatic rings. The van der Waals surface area contributed by atoms with E-state index >= 15 is 0 Å². The molecule has 2 aromatic rings. The molecule has 0 aliphatic carbocycles. The number of ether oxygens (including phenoxy) is 1. The lowest BCUT2D eigenvalue weighted by molar-refractivity contribution is 0.0140. The van der Waals surface area contributed by atoms with E-state index in [1.165, 1.54) is 12.1 Å². The Bertz CT molecular complexity index is 1100. The topological polar surface area (TPSA) is 96.0 Å². The maximum Gasteiger partial charge on any atom is 0.410 e. The average Bonchev–Trinajstić information content (AvgIpc) is 2.77. The van der Waals surface area contributed by atoms with Crippen LogP contribution in [0, 0.1) is 6.92 Å². The summed E-state index contributed by atoms with van der Waals surface area (Å²) in [5, 5.41) is 0. The lowest BCUT2D eigenvalue weighted by Gasteiger charge is -2.35. The average molecular weight is 474 g/mol. The summed E-state index contributed by atoms with van der Waals surface area (Å²) in [5.74, 6) is -0.253. The van der Waals surface area contributed by atoms with Crippen LogP contribution >= 0.6 is 0 Å². The predicted octanol–water partition coefficient (Wildman–Crippen LogP) is 3.17. The molecule has 2 aromatic carbocycles. The highest BCUT2D eigenvalue weighted by atomic mass is 32.2. The van der Waals surface area contributed by atoms with Gasteiger partial charge in [0.1, 0.15) is 5.60 Å². The normalized spacial score (nSPS) is 14.8. The van der Waals surface area contributed by atoms with Gasteiger partial charge in [-0.2, -0.15) is 0 Å². The van der Waals surface area contributed by atoms with Crippen molar-refractivity contribution >= 4 is 22.0 Å². The summed E-state index contributed by atoms with van der Waals surface area (Å²) in [7, 11) is -3.79. The molecule has 0 spiro atoms. The van der Waals surface area contributed by atoms with E-state index in [0.29, 0.717) is 37.3 Å². The molecular weight excluding hydrogens is 442 g/mol. The highest BCUT2D eigenvalue weighted by Gasteiger charge is 2.29. The minimum atomic E-state index is -3.79. The Balaban J connectivity index is 1.68. The van der Waals surface area contributed by atoms with E-state index < -0.39 is 21.7 Å². The van der Waals surface area contributed by atoms with Crippen molar-refractivity contribution in [2.45, 2.75) is 44.7 Å². The van der Waals surface area contributed by atoms with Crippen LogP contribution in [0.3, 0.4) is 0 Å². The van der Waals surface area contributed by atoms with Gasteiger partial charge in [0.05, 0.1) is 4.90 Å². The molecule has 0 bridgehead atoms. The third-order valence-electron chi connectivity index (χ3n) is 5.28. The molecule has 1 N–H and O–H groups in total. The number of carbonyl (C=O) groups excluding carboxylic acids is 2. The second-order valence-electron chi connectivity index (χ2n) is 9.05. The number of benzene rings is 2. The van der Waals surface area contributed by atoms with E-state index in [4.69, 9.17) is 4.74 Å². The Morgan fingerprint density at radius 2 is 1.58 bits per heavy atom. The molecule has 2 amide bonds. The van der Waals surface area contributed by atoms with Crippen molar-refractivity contribution in [2.75, 3.05) is 26.2 Å². The molecule has 1 fully saturated rings. The molecule has 0 aromatic heterocycles. The van der Waals surface area contributed by atoms with Crippen LogP contribution in [0.5, 0.6) is 0 Å². The van der Waals surface area contributed by atoms with Gasteiger partial charge in [0, 0.05) is 38.3 Å². The maximum absolute atomic E-state index is 13.2. The first-order chi connectivity index (χ1) is 15.5. The van der Waals surface area contributed by atoms with Crippen molar-refractivity contribution in [3.8, 4) is 0 Å². The Morgan fingerprint density at radius 1 is 0.970 bits per heavy atom. The fourth-order valence-corrected chi connectivity index (χ4v) is 4.49. The first-order valence-electron chi connectivity index (χ1n) is 10.9. The van der Waals surface area contributed by atoms with Gasteiger partial charge in [-0.05, 0) is 51.0 Å². The molecule has 0 atom stereocenters. The Labute approximate surface area is 195 Å². The highest BCUT2D eigenvalue weighted by Crippen LogP contribution is 2.19. The third kappa shape index (κ3) is 6.55. The lowest BCUT2D eigenvalue weighted by Crippen LogP contribution is -2.51. The Kier molecular flexibility index (Phi) is 7.44. The number of sulfonamides is 1. The van der Waals surface area contributed by atoms with Crippen LogP contribution in [0.15, 0.2) is 53.4 Å². The molecule has 0 saturated carbocycles. The smallest absolute Gasteiger partial charge is 0.410 e. The first kappa shape index (κ1) is 24.7. The number of amides is 2. The molecule has 3 rings (SSSR count). The zero-order valence-electron chi connectivity index (χ0n) is 19.5. The van der Waals surface area contributed by atoms with Crippen molar-refractivity contribution in [2.24, 2.45) is 0 Å². The van der Waals surface area contributed by atoms with Crippen LogP contribution in [0.1, 0.15) is 42.3 Å². The number of aryl methyl sites for hydroxylation is 1. The van der Waals surface area contributed by atoms with Gasteiger partial charge in [0.15, 0.2) is 0 Å². The molecule has 1 aliphatic heterocycles. The van der Waals surface area contributed by atoms with E-state index in [1.54, 1.807) is 22.8 Å². The van der Waals surface area contributed by atoms with E-state index in [1.807, 2.05) is 51.1 Å². The summed E-state index contributed by atoms with van der Waals surface area (Å²) >= 11 is 0. The monoisotopic (exact) mass is 473 g/mol. The molecule has 8 nitrogen and oxygen atoms in total. The Morgan fingerprint density at radius 3 is 2.18 bits per heavy atom. The Hall–Kier alpha value is -2.91. The van der Waals surface area contributed by atoms with Gasteiger partial charge in [0.25, 0.3) is 5.91 Å². The molecule has 33 heavy (non-hydrogen) atoms.